The minimum absolute atomic E-state index is 0.110. The molecule has 21 heavy (non-hydrogen) atoms. The highest BCUT2D eigenvalue weighted by atomic mass is 32.1. The van der Waals surface area contributed by atoms with Crippen molar-refractivity contribution in [1.82, 2.24) is 5.32 Å². The predicted octanol–water partition coefficient (Wildman–Crippen LogP) is 3.94. The van der Waals surface area contributed by atoms with Crippen molar-refractivity contribution in [1.29, 1.82) is 0 Å². The molecule has 2 rings (SSSR count). The number of hydrogen-bond donors (Lipinski definition) is 2. The second-order valence-electron chi connectivity index (χ2n) is 6.13. The Labute approximate surface area is 133 Å². The van der Waals surface area contributed by atoms with Crippen molar-refractivity contribution in [3.63, 3.8) is 0 Å². The van der Waals surface area contributed by atoms with E-state index >= 15 is 0 Å². The Bertz CT molecular complexity index is 496. The van der Waals surface area contributed by atoms with Crippen LogP contribution in [0.1, 0.15) is 43.2 Å². The van der Waals surface area contributed by atoms with Gasteiger partial charge in [0.05, 0.1) is 0 Å². The molecule has 1 aromatic rings. The highest BCUT2D eigenvalue weighted by Crippen LogP contribution is 2.32. The molecule has 4 heteroatoms. The van der Waals surface area contributed by atoms with E-state index in [2.05, 4.69) is 42.7 Å². The van der Waals surface area contributed by atoms with Crippen molar-refractivity contribution in [3.8, 4) is 0 Å². The number of nitrogens with one attached hydrogen (secondary N) is 2. The van der Waals surface area contributed by atoms with Gasteiger partial charge in [-0.1, -0.05) is 30.5 Å². The first-order valence-electron chi connectivity index (χ1n) is 7.70. The van der Waals surface area contributed by atoms with Gasteiger partial charge in [0.25, 0.3) is 0 Å². The Morgan fingerprint density at radius 2 is 2.00 bits per heavy atom. The van der Waals surface area contributed by atoms with E-state index in [1.807, 2.05) is 0 Å². The average molecular weight is 306 g/mol. The first-order valence-corrected chi connectivity index (χ1v) is 8.11. The summed E-state index contributed by atoms with van der Waals surface area (Å²) >= 11 is 5.52. The van der Waals surface area contributed by atoms with E-state index in [4.69, 9.17) is 17.0 Å². The lowest BCUT2D eigenvalue weighted by atomic mass is 9.94. The normalized spacial score (nSPS) is 16.7. The molecule has 0 spiro atoms. The summed E-state index contributed by atoms with van der Waals surface area (Å²) < 4.78 is 5.26. The standard InChI is InChI=1S/C17H26N2OS/c1-13-6-7-15(14(2)12-13)18-16(21)19-17(10-11-20-3)8-4-5-9-17/h6-7,12H,4-5,8-11H2,1-3H3,(H2,18,19,21). The summed E-state index contributed by atoms with van der Waals surface area (Å²) in [6.07, 6.45) is 5.89. The van der Waals surface area contributed by atoms with Crippen molar-refractivity contribution < 1.29 is 4.74 Å². The van der Waals surface area contributed by atoms with Crippen molar-refractivity contribution in [2.24, 2.45) is 0 Å². The molecular weight excluding hydrogens is 280 g/mol. The van der Waals surface area contributed by atoms with Crippen LogP contribution in [-0.2, 0) is 4.74 Å². The lowest BCUT2D eigenvalue weighted by molar-refractivity contribution is 0.163. The lowest BCUT2D eigenvalue weighted by Gasteiger charge is -2.32. The van der Waals surface area contributed by atoms with Gasteiger partial charge >= 0.3 is 0 Å². The summed E-state index contributed by atoms with van der Waals surface area (Å²) in [4.78, 5) is 0. The third-order valence-electron chi connectivity index (χ3n) is 4.35. The highest BCUT2D eigenvalue weighted by molar-refractivity contribution is 7.80. The lowest BCUT2D eigenvalue weighted by Crippen LogP contribution is -2.48. The van der Waals surface area contributed by atoms with Gasteiger partial charge in [0.15, 0.2) is 5.11 Å². The number of methoxy groups -OCH3 is 1. The monoisotopic (exact) mass is 306 g/mol. The molecule has 0 aromatic heterocycles. The van der Waals surface area contributed by atoms with Crippen LogP contribution in [-0.4, -0.2) is 24.4 Å². The summed E-state index contributed by atoms with van der Waals surface area (Å²) in [5, 5.41) is 7.63. The zero-order valence-corrected chi connectivity index (χ0v) is 14.1. The largest absolute Gasteiger partial charge is 0.385 e. The Kier molecular flexibility index (Phi) is 5.59. The molecule has 0 unspecified atom stereocenters. The van der Waals surface area contributed by atoms with E-state index in [0.29, 0.717) is 0 Å². The number of aryl methyl sites for hydroxylation is 2. The minimum Gasteiger partial charge on any atom is -0.385 e. The van der Waals surface area contributed by atoms with Gasteiger partial charge in [-0.2, -0.15) is 0 Å². The van der Waals surface area contributed by atoms with E-state index in [0.717, 1.165) is 23.8 Å². The summed E-state index contributed by atoms with van der Waals surface area (Å²) in [6, 6.07) is 6.37. The molecule has 0 radical (unpaired) electrons. The van der Waals surface area contributed by atoms with Crippen LogP contribution in [0.4, 0.5) is 5.69 Å². The minimum atomic E-state index is 0.110. The number of hydrogen-bond acceptors (Lipinski definition) is 2. The molecular formula is C17H26N2OS. The van der Waals surface area contributed by atoms with E-state index in [1.165, 1.54) is 36.8 Å². The average Bonchev–Trinajstić information content (AvgIpc) is 2.88. The van der Waals surface area contributed by atoms with Crippen LogP contribution in [0.2, 0.25) is 0 Å². The maximum absolute atomic E-state index is 5.52. The first kappa shape index (κ1) is 16.2. The number of rotatable bonds is 5. The van der Waals surface area contributed by atoms with E-state index in [-0.39, 0.29) is 5.54 Å². The maximum Gasteiger partial charge on any atom is 0.171 e. The van der Waals surface area contributed by atoms with Crippen molar-refractivity contribution in [2.45, 2.75) is 51.5 Å². The fourth-order valence-corrected chi connectivity index (χ4v) is 3.46. The summed E-state index contributed by atoms with van der Waals surface area (Å²) in [5.74, 6) is 0. The molecule has 3 nitrogen and oxygen atoms in total. The van der Waals surface area contributed by atoms with Gasteiger partial charge < -0.3 is 15.4 Å². The summed E-state index contributed by atoms with van der Waals surface area (Å²) in [6.45, 7) is 4.99. The molecule has 2 N–H and O–H groups in total. The molecule has 0 bridgehead atoms. The third kappa shape index (κ3) is 4.42. The second-order valence-corrected chi connectivity index (χ2v) is 6.54. The summed E-state index contributed by atoms with van der Waals surface area (Å²) in [5.41, 5.74) is 3.68. The van der Waals surface area contributed by atoms with Gasteiger partial charge in [0, 0.05) is 24.9 Å². The van der Waals surface area contributed by atoms with Crippen molar-refractivity contribution >= 4 is 23.0 Å². The topological polar surface area (TPSA) is 33.3 Å². The van der Waals surface area contributed by atoms with Crippen LogP contribution in [0.25, 0.3) is 0 Å². The van der Waals surface area contributed by atoms with Crippen LogP contribution in [0.5, 0.6) is 0 Å². The number of anilines is 1. The molecule has 0 aliphatic heterocycles. The fraction of sp³-hybridized carbons (Fsp3) is 0.588. The van der Waals surface area contributed by atoms with Crippen molar-refractivity contribution in [3.05, 3.63) is 29.3 Å². The third-order valence-corrected chi connectivity index (χ3v) is 4.56. The zero-order valence-electron chi connectivity index (χ0n) is 13.3. The molecule has 0 atom stereocenters. The summed E-state index contributed by atoms with van der Waals surface area (Å²) in [7, 11) is 1.76. The van der Waals surface area contributed by atoms with Crippen LogP contribution < -0.4 is 10.6 Å². The number of benzene rings is 1. The smallest absolute Gasteiger partial charge is 0.171 e. The molecule has 1 aliphatic carbocycles. The van der Waals surface area contributed by atoms with Crippen LogP contribution in [0.3, 0.4) is 0 Å². The van der Waals surface area contributed by atoms with Gasteiger partial charge in [0.1, 0.15) is 0 Å². The van der Waals surface area contributed by atoms with Crippen LogP contribution >= 0.6 is 12.2 Å². The highest BCUT2D eigenvalue weighted by Gasteiger charge is 2.33. The van der Waals surface area contributed by atoms with Gasteiger partial charge in [-0.25, -0.2) is 0 Å². The molecule has 0 amide bonds. The second kappa shape index (κ2) is 7.23. The van der Waals surface area contributed by atoms with Gasteiger partial charge in [-0.15, -0.1) is 0 Å². The number of ether oxygens (including phenoxy) is 1. The Hall–Kier alpha value is -1.13. The fourth-order valence-electron chi connectivity index (χ4n) is 3.13. The number of thiocarbonyl (C=S) groups is 1. The molecule has 1 fully saturated rings. The molecule has 1 aliphatic rings. The quantitative estimate of drug-likeness (QED) is 0.807. The zero-order chi connectivity index (χ0) is 15.3. The van der Waals surface area contributed by atoms with Gasteiger partial charge in [-0.05, 0) is 57.0 Å². The predicted molar refractivity (Wildman–Crippen MR) is 93.0 cm³/mol. The molecule has 0 saturated heterocycles. The molecule has 0 heterocycles. The maximum atomic E-state index is 5.52. The van der Waals surface area contributed by atoms with E-state index in [1.54, 1.807) is 7.11 Å². The Morgan fingerprint density at radius 1 is 1.29 bits per heavy atom. The van der Waals surface area contributed by atoms with Crippen molar-refractivity contribution in [2.75, 3.05) is 19.0 Å². The Morgan fingerprint density at radius 3 is 2.62 bits per heavy atom. The molecule has 116 valence electrons. The Balaban J connectivity index is 1.99. The van der Waals surface area contributed by atoms with E-state index in [9.17, 15) is 0 Å². The van der Waals surface area contributed by atoms with Crippen LogP contribution in [0, 0.1) is 13.8 Å². The van der Waals surface area contributed by atoms with E-state index < -0.39 is 0 Å². The SMILES string of the molecule is COCCC1(NC(=S)Nc2ccc(C)cc2C)CCCC1. The van der Waals surface area contributed by atoms with Gasteiger partial charge in [-0.3, -0.25) is 0 Å². The molecule has 1 aromatic carbocycles. The van der Waals surface area contributed by atoms with Crippen LogP contribution in [0.15, 0.2) is 18.2 Å². The molecule has 1 saturated carbocycles. The first-order chi connectivity index (χ1) is 10.0. The van der Waals surface area contributed by atoms with Gasteiger partial charge in [0.2, 0.25) is 0 Å².